The number of aromatic nitrogens is 2. The van der Waals surface area contributed by atoms with Crippen LogP contribution in [0.3, 0.4) is 0 Å². The molecule has 1 aromatic heterocycles. The third-order valence-corrected chi connectivity index (χ3v) is 6.16. The zero-order valence-electron chi connectivity index (χ0n) is 16.6. The Hall–Kier alpha value is -2.61. The number of fused-ring (bicyclic) bond motifs is 1. The SMILES string of the molecule is CNC1CCN(c2c(C)ccc3c2n(C)c(=O)n3C2CCC(=O)NC2=O)CC1. The fourth-order valence-corrected chi connectivity index (χ4v) is 4.58. The maximum Gasteiger partial charge on any atom is 0.329 e. The van der Waals surface area contributed by atoms with Crippen LogP contribution in [0.2, 0.25) is 0 Å². The Labute approximate surface area is 163 Å². The molecule has 1 unspecified atom stereocenters. The van der Waals surface area contributed by atoms with Crippen LogP contribution in [0.15, 0.2) is 16.9 Å². The average Bonchev–Trinajstić information content (AvgIpc) is 2.93. The Balaban J connectivity index is 1.83. The van der Waals surface area contributed by atoms with Gasteiger partial charge in [0.05, 0.1) is 16.7 Å². The third kappa shape index (κ3) is 2.92. The van der Waals surface area contributed by atoms with Gasteiger partial charge < -0.3 is 10.2 Å². The number of carbonyl (C=O) groups excluding carboxylic acids is 2. The number of aryl methyl sites for hydroxylation is 2. The van der Waals surface area contributed by atoms with Crippen molar-refractivity contribution < 1.29 is 9.59 Å². The first-order valence-electron chi connectivity index (χ1n) is 9.88. The maximum atomic E-state index is 13.1. The zero-order chi connectivity index (χ0) is 20.0. The third-order valence-electron chi connectivity index (χ3n) is 6.16. The lowest BCUT2D eigenvalue weighted by Crippen LogP contribution is -2.44. The number of hydrogen-bond acceptors (Lipinski definition) is 5. The van der Waals surface area contributed by atoms with Gasteiger partial charge in [0.2, 0.25) is 11.8 Å². The van der Waals surface area contributed by atoms with Crippen molar-refractivity contribution in [3.8, 4) is 0 Å². The first-order valence-corrected chi connectivity index (χ1v) is 9.88. The van der Waals surface area contributed by atoms with E-state index in [1.165, 1.54) is 0 Å². The normalized spacial score (nSPS) is 21.4. The van der Waals surface area contributed by atoms with Crippen molar-refractivity contribution >= 4 is 28.5 Å². The Morgan fingerprint density at radius 3 is 2.46 bits per heavy atom. The van der Waals surface area contributed by atoms with Crippen LogP contribution in [0, 0.1) is 6.92 Å². The highest BCUT2D eigenvalue weighted by atomic mass is 16.2. The van der Waals surface area contributed by atoms with E-state index in [1.807, 2.05) is 19.2 Å². The van der Waals surface area contributed by atoms with Gasteiger partial charge in [-0.3, -0.25) is 24.0 Å². The first-order chi connectivity index (χ1) is 13.4. The van der Waals surface area contributed by atoms with Crippen LogP contribution in [-0.2, 0) is 16.6 Å². The highest BCUT2D eigenvalue weighted by Gasteiger charge is 2.32. The molecule has 1 atom stereocenters. The first kappa shape index (κ1) is 18.7. The number of amides is 2. The summed E-state index contributed by atoms with van der Waals surface area (Å²) in [6.07, 6.45) is 2.69. The van der Waals surface area contributed by atoms with Gasteiger partial charge in [-0.05, 0) is 44.9 Å². The van der Waals surface area contributed by atoms with Crippen molar-refractivity contribution in [3.05, 3.63) is 28.2 Å². The molecule has 2 amide bonds. The largest absolute Gasteiger partial charge is 0.369 e. The van der Waals surface area contributed by atoms with Gasteiger partial charge in [-0.25, -0.2) is 4.79 Å². The van der Waals surface area contributed by atoms with E-state index < -0.39 is 11.9 Å². The van der Waals surface area contributed by atoms with Crippen molar-refractivity contribution in [3.63, 3.8) is 0 Å². The highest BCUT2D eigenvalue weighted by molar-refractivity contribution is 6.00. The molecule has 28 heavy (non-hydrogen) atoms. The van der Waals surface area contributed by atoms with E-state index in [-0.39, 0.29) is 18.0 Å². The molecule has 0 bridgehead atoms. The smallest absolute Gasteiger partial charge is 0.329 e. The molecule has 2 saturated heterocycles. The lowest BCUT2D eigenvalue weighted by atomic mass is 10.0. The lowest BCUT2D eigenvalue weighted by Gasteiger charge is -2.35. The fourth-order valence-electron chi connectivity index (χ4n) is 4.58. The molecule has 0 aliphatic carbocycles. The molecular formula is C20H27N5O3. The molecule has 2 aromatic rings. The molecule has 0 spiro atoms. The molecule has 0 saturated carbocycles. The van der Waals surface area contributed by atoms with Gasteiger partial charge in [-0.2, -0.15) is 0 Å². The summed E-state index contributed by atoms with van der Waals surface area (Å²) in [5, 5.41) is 5.71. The molecule has 2 fully saturated rings. The van der Waals surface area contributed by atoms with Crippen molar-refractivity contribution in [1.29, 1.82) is 0 Å². The number of benzene rings is 1. The summed E-state index contributed by atoms with van der Waals surface area (Å²) in [5.74, 6) is -0.679. The number of nitrogens with one attached hydrogen (secondary N) is 2. The maximum absolute atomic E-state index is 13.1. The molecule has 4 rings (SSSR count). The lowest BCUT2D eigenvalue weighted by molar-refractivity contribution is -0.135. The summed E-state index contributed by atoms with van der Waals surface area (Å²) in [7, 11) is 3.76. The van der Waals surface area contributed by atoms with Crippen molar-refractivity contribution in [2.75, 3.05) is 25.0 Å². The average molecular weight is 385 g/mol. The second-order valence-corrected chi connectivity index (χ2v) is 7.83. The van der Waals surface area contributed by atoms with E-state index in [4.69, 9.17) is 0 Å². The van der Waals surface area contributed by atoms with Gasteiger partial charge in [0.15, 0.2) is 0 Å². The quantitative estimate of drug-likeness (QED) is 0.764. The van der Waals surface area contributed by atoms with Gasteiger partial charge in [0, 0.05) is 32.6 Å². The van der Waals surface area contributed by atoms with Crippen molar-refractivity contribution in [2.24, 2.45) is 7.05 Å². The minimum absolute atomic E-state index is 0.221. The van der Waals surface area contributed by atoms with Crippen LogP contribution < -0.4 is 21.2 Å². The Morgan fingerprint density at radius 2 is 1.82 bits per heavy atom. The molecule has 3 heterocycles. The molecule has 1 aromatic carbocycles. The fraction of sp³-hybridized carbons (Fsp3) is 0.550. The predicted octanol–water partition coefficient (Wildman–Crippen LogP) is 0.814. The van der Waals surface area contributed by atoms with E-state index in [0.717, 1.165) is 48.2 Å². The molecule has 2 N–H and O–H groups in total. The summed E-state index contributed by atoms with van der Waals surface area (Å²) >= 11 is 0. The van der Waals surface area contributed by atoms with E-state index in [0.29, 0.717) is 12.5 Å². The van der Waals surface area contributed by atoms with Gasteiger partial charge in [0.25, 0.3) is 0 Å². The van der Waals surface area contributed by atoms with E-state index in [9.17, 15) is 14.4 Å². The molecule has 150 valence electrons. The monoisotopic (exact) mass is 385 g/mol. The summed E-state index contributed by atoms with van der Waals surface area (Å²) in [4.78, 5) is 39.4. The van der Waals surface area contributed by atoms with Crippen molar-refractivity contribution in [2.45, 2.75) is 44.7 Å². The van der Waals surface area contributed by atoms with Gasteiger partial charge >= 0.3 is 5.69 Å². The van der Waals surface area contributed by atoms with Crippen molar-refractivity contribution in [1.82, 2.24) is 19.8 Å². The molecule has 8 heteroatoms. The molecule has 2 aliphatic rings. The number of nitrogens with zero attached hydrogens (tertiary/aromatic N) is 3. The van der Waals surface area contributed by atoms with Crippen LogP contribution in [-0.4, -0.2) is 47.1 Å². The Kier molecular flexibility index (Phi) is 4.74. The van der Waals surface area contributed by atoms with E-state index >= 15 is 0 Å². The van der Waals surface area contributed by atoms with Gasteiger partial charge in [-0.15, -0.1) is 0 Å². The molecular weight excluding hydrogens is 358 g/mol. The predicted molar refractivity (Wildman–Crippen MR) is 108 cm³/mol. The summed E-state index contributed by atoms with van der Waals surface area (Å²) in [6, 6.07) is 3.80. The number of imidazole rings is 1. The number of anilines is 1. The zero-order valence-corrected chi connectivity index (χ0v) is 16.6. The minimum atomic E-state index is -0.653. The standard InChI is InChI=1S/C20H27N5O3/c1-12-4-5-14-18(17(12)24-10-8-13(21-2)9-11-24)23(3)20(28)25(14)15-6-7-16(26)22-19(15)27/h4-5,13,15,21H,6-11H2,1-3H3,(H,22,26,27). The van der Waals surface area contributed by atoms with Crippen LogP contribution in [0.5, 0.6) is 0 Å². The molecule has 8 nitrogen and oxygen atoms in total. The van der Waals surface area contributed by atoms with Crippen LogP contribution in [0.4, 0.5) is 5.69 Å². The second-order valence-electron chi connectivity index (χ2n) is 7.83. The van der Waals surface area contributed by atoms with Crippen LogP contribution >= 0.6 is 0 Å². The number of rotatable bonds is 3. The van der Waals surface area contributed by atoms with Crippen LogP contribution in [0.25, 0.3) is 11.0 Å². The number of imide groups is 1. The number of carbonyl (C=O) groups is 2. The number of hydrogen-bond donors (Lipinski definition) is 2. The summed E-state index contributed by atoms with van der Waals surface area (Å²) < 4.78 is 3.20. The molecule has 2 aliphatic heterocycles. The van der Waals surface area contributed by atoms with Crippen LogP contribution in [0.1, 0.15) is 37.3 Å². The summed E-state index contributed by atoms with van der Waals surface area (Å²) in [6.45, 7) is 3.90. The Morgan fingerprint density at radius 1 is 1.11 bits per heavy atom. The number of piperidine rings is 2. The molecule has 0 radical (unpaired) electrons. The van der Waals surface area contributed by atoms with E-state index in [2.05, 4.69) is 22.5 Å². The minimum Gasteiger partial charge on any atom is -0.369 e. The van der Waals surface area contributed by atoms with Gasteiger partial charge in [-0.1, -0.05) is 6.07 Å². The van der Waals surface area contributed by atoms with Gasteiger partial charge in [0.1, 0.15) is 6.04 Å². The Bertz CT molecular complexity index is 997. The second kappa shape index (κ2) is 7.09. The van der Waals surface area contributed by atoms with E-state index in [1.54, 1.807) is 16.2 Å². The highest BCUT2D eigenvalue weighted by Crippen LogP contribution is 2.33. The summed E-state index contributed by atoms with van der Waals surface area (Å²) in [5.41, 5.74) is 3.57. The topological polar surface area (TPSA) is 88.4 Å².